The molecule has 1 aromatic rings. The standard InChI is InChI=1S/C17H27NO3/c1-3-14(2)15-4-6-17(7-5-15)21-13-16(19)12-18-8-10-20-11-9-18/h4-7,14,16,19H,3,8-13H2,1-2H3. The van der Waals surface area contributed by atoms with Gasteiger partial charge in [-0.1, -0.05) is 26.0 Å². The molecule has 0 aliphatic carbocycles. The molecule has 21 heavy (non-hydrogen) atoms. The Morgan fingerprint density at radius 1 is 1.24 bits per heavy atom. The van der Waals surface area contributed by atoms with Crippen LogP contribution in [0, 0.1) is 0 Å². The van der Waals surface area contributed by atoms with Gasteiger partial charge in [-0.05, 0) is 30.0 Å². The lowest BCUT2D eigenvalue weighted by Gasteiger charge is -2.28. The van der Waals surface area contributed by atoms with Crippen LogP contribution in [0.1, 0.15) is 31.7 Å². The maximum absolute atomic E-state index is 10.0. The zero-order valence-corrected chi connectivity index (χ0v) is 13.1. The molecule has 1 fully saturated rings. The van der Waals surface area contributed by atoms with Crippen LogP contribution < -0.4 is 4.74 Å². The molecular formula is C17H27NO3. The molecule has 118 valence electrons. The van der Waals surface area contributed by atoms with E-state index in [1.165, 1.54) is 5.56 Å². The van der Waals surface area contributed by atoms with E-state index in [9.17, 15) is 5.11 Å². The van der Waals surface area contributed by atoms with Crippen LogP contribution in [0.2, 0.25) is 0 Å². The fourth-order valence-corrected chi connectivity index (χ4v) is 2.46. The molecule has 2 atom stereocenters. The van der Waals surface area contributed by atoms with Crippen LogP contribution in [0.5, 0.6) is 5.75 Å². The highest BCUT2D eigenvalue weighted by Crippen LogP contribution is 2.21. The first kappa shape index (κ1) is 16.3. The molecule has 0 amide bonds. The van der Waals surface area contributed by atoms with Crippen LogP contribution in [0.4, 0.5) is 0 Å². The summed E-state index contributed by atoms with van der Waals surface area (Å²) in [6.07, 6.45) is 0.677. The van der Waals surface area contributed by atoms with Crippen molar-refractivity contribution < 1.29 is 14.6 Å². The number of aliphatic hydroxyl groups is 1. The van der Waals surface area contributed by atoms with Gasteiger partial charge in [-0.15, -0.1) is 0 Å². The fourth-order valence-electron chi connectivity index (χ4n) is 2.46. The van der Waals surface area contributed by atoms with Crippen molar-refractivity contribution in [3.8, 4) is 5.75 Å². The molecule has 2 unspecified atom stereocenters. The lowest BCUT2D eigenvalue weighted by Crippen LogP contribution is -2.42. The highest BCUT2D eigenvalue weighted by atomic mass is 16.5. The van der Waals surface area contributed by atoms with Crippen LogP contribution in [0.15, 0.2) is 24.3 Å². The van der Waals surface area contributed by atoms with Crippen LogP contribution in [0.3, 0.4) is 0 Å². The maximum Gasteiger partial charge on any atom is 0.119 e. The van der Waals surface area contributed by atoms with E-state index < -0.39 is 6.10 Å². The normalized spacial score (nSPS) is 19.2. The highest BCUT2D eigenvalue weighted by molar-refractivity contribution is 5.29. The zero-order chi connectivity index (χ0) is 15.1. The van der Waals surface area contributed by atoms with Crippen LogP contribution in [-0.4, -0.2) is 55.6 Å². The summed E-state index contributed by atoms with van der Waals surface area (Å²) in [6, 6.07) is 8.20. The van der Waals surface area contributed by atoms with E-state index in [0.29, 0.717) is 19.1 Å². The van der Waals surface area contributed by atoms with Gasteiger partial charge in [0.2, 0.25) is 0 Å². The molecule has 0 aromatic heterocycles. The minimum absolute atomic E-state index is 0.333. The Kier molecular flexibility index (Phi) is 6.49. The van der Waals surface area contributed by atoms with Crippen molar-refractivity contribution in [2.24, 2.45) is 0 Å². The second-order valence-electron chi connectivity index (χ2n) is 5.76. The second kappa shape index (κ2) is 8.37. The summed E-state index contributed by atoms with van der Waals surface area (Å²) in [6.45, 7) is 8.68. The van der Waals surface area contributed by atoms with Crippen molar-refractivity contribution in [3.05, 3.63) is 29.8 Å². The van der Waals surface area contributed by atoms with Crippen LogP contribution in [-0.2, 0) is 4.74 Å². The first-order chi connectivity index (χ1) is 10.2. The fraction of sp³-hybridized carbons (Fsp3) is 0.647. The van der Waals surface area contributed by atoms with Crippen molar-refractivity contribution in [1.29, 1.82) is 0 Å². The minimum Gasteiger partial charge on any atom is -0.491 e. The Bertz CT molecular complexity index is 401. The van der Waals surface area contributed by atoms with Crippen LogP contribution >= 0.6 is 0 Å². The Labute approximate surface area is 127 Å². The van der Waals surface area contributed by atoms with E-state index in [4.69, 9.17) is 9.47 Å². The molecule has 4 heteroatoms. The van der Waals surface area contributed by atoms with Gasteiger partial charge in [-0.2, -0.15) is 0 Å². The molecule has 1 heterocycles. The molecular weight excluding hydrogens is 266 g/mol. The third-order valence-electron chi connectivity index (χ3n) is 4.08. The summed E-state index contributed by atoms with van der Waals surface area (Å²) >= 11 is 0. The largest absolute Gasteiger partial charge is 0.491 e. The summed E-state index contributed by atoms with van der Waals surface area (Å²) in [5.41, 5.74) is 1.33. The number of benzene rings is 1. The number of aliphatic hydroxyl groups excluding tert-OH is 1. The minimum atomic E-state index is -0.461. The Hall–Kier alpha value is -1.10. The third-order valence-corrected chi connectivity index (χ3v) is 4.08. The molecule has 0 saturated carbocycles. The van der Waals surface area contributed by atoms with Gasteiger partial charge in [0.05, 0.1) is 13.2 Å². The van der Waals surface area contributed by atoms with Crippen molar-refractivity contribution >= 4 is 0 Å². The van der Waals surface area contributed by atoms with Crippen molar-refractivity contribution in [2.75, 3.05) is 39.5 Å². The average molecular weight is 293 g/mol. The van der Waals surface area contributed by atoms with Gasteiger partial charge < -0.3 is 14.6 Å². The topological polar surface area (TPSA) is 41.9 Å². The quantitative estimate of drug-likeness (QED) is 0.837. The predicted octanol–water partition coefficient (Wildman–Crippen LogP) is 2.27. The van der Waals surface area contributed by atoms with Gasteiger partial charge in [0.15, 0.2) is 0 Å². The summed E-state index contributed by atoms with van der Waals surface area (Å²) in [5.74, 6) is 1.40. The number of hydrogen-bond acceptors (Lipinski definition) is 4. The molecule has 4 nitrogen and oxygen atoms in total. The zero-order valence-electron chi connectivity index (χ0n) is 13.1. The molecule has 0 bridgehead atoms. The molecule has 1 N–H and O–H groups in total. The molecule has 0 spiro atoms. The summed E-state index contributed by atoms with van der Waals surface area (Å²) in [7, 11) is 0. The number of rotatable bonds is 7. The van der Waals surface area contributed by atoms with Gasteiger partial charge in [0.1, 0.15) is 18.5 Å². The van der Waals surface area contributed by atoms with Crippen molar-refractivity contribution in [1.82, 2.24) is 4.90 Å². The molecule has 1 aliphatic rings. The molecule has 1 aliphatic heterocycles. The lowest BCUT2D eigenvalue weighted by atomic mass is 9.99. The number of ether oxygens (including phenoxy) is 2. The predicted molar refractivity (Wildman–Crippen MR) is 83.9 cm³/mol. The Morgan fingerprint density at radius 2 is 1.90 bits per heavy atom. The number of β-amino-alcohol motifs (C(OH)–C–C–N with tert-alkyl or cyclic N) is 1. The van der Waals surface area contributed by atoms with E-state index in [1.54, 1.807) is 0 Å². The number of morpholine rings is 1. The Balaban J connectivity index is 1.74. The number of nitrogens with zero attached hydrogens (tertiary/aromatic N) is 1. The lowest BCUT2D eigenvalue weighted by molar-refractivity contribution is 0.00465. The third kappa shape index (κ3) is 5.30. The SMILES string of the molecule is CCC(C)c1ccc(OCC(O)CN2CCOCC2)cc1. The molecule has 1 aromatic carbocycles. The van der Waals surface area contributed by atoms with E-state index in [1.807, 2.05) is 12.1 Å². The average Bonchev–Trinajstić information content (AvgIpc) is 2.53. The van der Waals surface area contributed by atoms with Crippen molar-refractivity contribution in [3.63, 3.8) is 0 Å². The van der Waals surface area contributed by atoms with Gasteiger partial charge in [0, 0.05) is 19.6 Å². The van der Waals surface area contributed by atoms with E-state index in [2.05, 4.69) is 30.9 Å². The molecule has 2 rings (SSSR count). The number of hydrogen-bond donors (Lipinski definition) is 1. The Morgan fingerprint density at radius 3 is 2.52 bits per heavy atom. The highest BCUT2D eigenvalue weighted by Gasteiger charge is 2.15. The van der Waals surface area contributed by atoms with Gasteiger partial charge >= 0.3 is 0 Å². The molecule has 1 saturated heterocycles. The van der Waals surface area contributed by atoms with E-state index >= 15 is 0 Å². The van der Waals surface area contributed by atoms with Crippen LogP contribution in [0.25, 0.3) is 0 Å². The summed E-state index contributed by atoms with van der Waals surface area (Å²) in [4.78, 5) is 2.21. The van der Waals surface area contributed by atoms with Gasteiger partial charge in [-0.25, -0.2) is 0 Å². The first-order valence-electron chi connectivity index (χ1n) is 7.90. The smallest absolute Gasteiger partial charge is 0.119 e. The first-order valence-corrected chi connectivity index (χ1v) is 7.90. The maximum atomic E-state index is 10.0. The summed E-state index contributed by atoms with van der Waals surface area (Å²) < 4.78 is 11.0. The van der Waals surface area contributed by atoms with E-state index in [-0.39, 0.29) is 0 Å². The van der Waals surface area contributed by atoms with Gasteiger partial charge in [-0.3, -0.25) is 4.90 Å². The molecule has 0 radical (unpaired) electrons. The summed E-state index contributed by atoms with van der Waals surface area (Å²) in [5, 5.41) is 10.0. The van der Waals surface area contributed by atoms with E-state index in [0.717, 1.165) is 38.5 Å². The van der Waals surface area contributed by atoms with Gasteiger partial charge in [0.25, 0.3) is 0 Å². The second-order valence-corrected chi connectivity index (χ2v) is 5.76. The van der Waals surface area contributed by atoms with Crippen molar-refractivity contribution in [2.45, 2.75) is 32.3 Å². The monoisotopic (exact) mass is 293 g/mol.